The zero-order valence-electron chi connectivity index (χ0n) is 14.6. The number of hydrogen-bond acceptors (Lipinski definition) is 4. The van der Waals surface area contributed by atoms with Crippen LogP contribution in [0.4, 0.5) is 0 Å². The van der Waals surface area contributed by atoms with Gasteiger partial charge in [0.1, 0.15) is 6.54 Å². The van der Waals surface area contributed by atoms with Gasteiger partial charge in [0.15, 0.2) is 17.4 Å². The van der Waals surface area contributed by atoms with E-state index >= 15 is 0 Å². The Bertz CT molecular complexity index is 670. The molecule has 1 aliphatic rings. The number of fused-ring (bicyclic) bond motifs is 1. The Morgan fingerprint density at radius 1 is 1.32 bits per heavy atom. The van der Waals surface area contributed by atoms with E-state index in [1.807, 2.05) is 28.8 Å². The number of aliphatic imine (C=N–C) groups is 1. The van der Waals surface area contributed by atoms with E-state index in [0.29, 0.717) is 6.54 Å². The molecule has 2 aromatic rings. The number of pyridine rings is 1. The van der Waals surface area contributed by atoms with E-state index < -0.39 is 0 Å². The molecule has 1 fully saturated rings. The minimum atomic E-state index is 0. The van der Waals surface area contributed by atoms with Crippen molar-refractivity contribution in [2.24, 2.45) is 10.9 Å². The summed E-state index contributed by atoms with van der Waals surface area (Å²) in [5, 5.41) is 14.9. The quantitative estimate of drug-likeness (QED) is 0.261. The zero-order chi connectivity index (χ0) is 16.6. The molecular formula is C17H27IN6O. The van der Waals surface area contributed by atoms with Gasteiger partial charge in [0.25, 0.3) is 0 Å². The van der Waals surface area contributed by atoms with Crippen LogP contribution >= 0.6 is 24.0 Å². The summed E-state index contributed by atoms with van der Waals surface area (Å²) in [5.41, 5.74) is 0.841. The summed E-state index contributed by atoms with van der Waals surface area (Å²) in [6.45, 7) is 5.94. The van der Waals surface area contributed by atoms with Crippen molar-refractivity contribution >= 4 is 35.6 Å². The van der Waals surface area contributed by atoms with Gasteiger partial charge in [0.2, 0.25) is 0 Å². The van der Waals surface area contributed by atoms with Crippen LogP contribution < -0.4 is 10.6 Å². The first-order chi connectivity index (χ1) is 11.9. The summed E-state index contributed by atoms with van der Waals surface area (Å²) < 4.78 is 7.60. The van der Waals surface area contributed by atoms with Crippen molar-refractivity contribution in [3.8, 4) is 0 Å². The molecule has 0 bridgehead atoms. The molecule has 1 aliphatic carbocycles. The second kappa shape index (κ2) is 10.5. The highest BCUT2D eigenvalue weighted by molar-refractivity contribution is 14.0. The second-order valence-electron chi connectivity index (χ2n) is 6.04. The Balaban J connectivity index is 0.00000225. The Morgan fingerprint density at radius 3 is 3.00 bits per heavy atom. The third-order valence-corrected chi connectivity index (χ3v) is 3.92. The van der Waals surface area contributed by atoms with Gasteiger partial charge in [-0.3, -0.25) is 4.40 Å². The first-order valence-corrected chi connectivity index (χ1v) is 8.75. The summed E-state index contributed by atoms with van der Waals surface area (Å²) >= 11 is 0. The molecular weight excluding hydrogens is 431 g/mol. The molecule has 0 amide bonds. The fourth-order valence-corrected chi connectivity index (χ4v) is 2.41. The van der Waals surface area contributed by atoms with E-state index in [4.69, 9.17) is 4.74 Å². The molecule has 7 nitrogen and oxygen atoms in total. The monoisotopic (exact) mass is 458 g/mol. The van der Waals surface area contributed by atoms with Gasteiger partial charge in [-0.25, -0.2) is 4.99 Å². The third kappa shape index (κ3) is 6.43. The molecule has 2 N–H and O–H groups in total. The number of hydrogen-bond donors (Lipinski definition) is 2. The van der Waals surface area contributed by atoms with Gasteiger partial charge in [-0.1, -0.05) is 6.07 Å². The predicted molar refractivity (Wildman–Crippen MR) is 109 cm³/mol. The van der Waals surface area contributed by atoms with Gasteiger partial charge in [-0.05, 0) is 44.2 Å². The minimum absolute atomic E-state index is 0. The van der Waals surface area contributed by atoms with Crippen LogP contribution in [0.2, 0.25) is 0 Å². The molecule has 25 heavy (non-hydrogen) atoms. The standard InChI is InChI=1S/C17H26N6O.HI/c1-2-18-17(19-9-5-11-24-13-14-7-8-14)20-12-16-22-21-15-6-3-4-10-23(15)16;/h3-4,6,10,14H,2,5,7-9,11-13H2,1H3,(H2,18,19,20);1H. The smallest absolute Gasteiger partial charge is 0.191 e. The zero-order valence-corrected chi connectivity index (χ0v) is 17.0. The molecule has 0 atom stereocenters. The van der Waals surface area contributed by atoms with E-state index in [0.717, 1.165) is 56.1 Å². The van der Waals surface area contributed by atoms with Gasteiger partial charge >= 0.3 is 0 Å². The topological polar surface area (TPSA) is 75.8 Å². The molecule has 8 heteroatoms. The first kappa shape index (κ1) is 19.9. The Morgan fingerprint density at radius 2 is 2.20 bits per heavy atom. The van der Waals surface area contributed by atoms with E-state index in [1.54, 1.807) is 0 Å². The number of nitrogens with one attached hydrogen (secondary N) is 2. The van der Waals surface area contributed by atoms with Crippen molar-refractivity contribution in [2.45, 2.75) is 32.7 Å². The van der Waals surface area contributed by atoms with Gasteiger partial charge < -0.3 is 15.4 Å². The molecule has 2 aromatic heterocycles. The van der Waals surface area contributed by atoms with Crippen molar-refractivity contribution < 1.29 is 4.74 Å². The van der Waals surface area contributed by atoms with Crippen LogP contribution in [0.1, 0.15) is 32.0 Å². The van der Waals surface area contributed by atoms with Gasteiger partial charge in [-0.2, -0.15) is 0 Å². The maximum atomic E-state index is 5.64. The molecule has 0 unspecified atom stereocenters. The fraction of sp³-hybridized carbons (Fsp3) is 0.588. The van der Waals surface area contributed by atoms with E-state index in [2.05, 4.69) is 32.7 Å². The molecule has 0 radical (unpaired) electrons. The lowest BCUT2D eigenvalue weighted by atomic mass is 10.4. The average Bonchev–Trinajstić information content (AvgIpc) is 3.34. The van der Waals surface area contributed by atoms with Crippen LogP contribution in [0, 0.1) is 5.92 Å². The maximum Gasteiger partial charge on any atom is 0.191 e. The van der Waals surface area contributed by atoms with Crippen molar-refractivity contribution in [3.63, 3.8) is 0 Å². The normalized spacial score (nSPS) is 14.4. The highest BCUT2D eigenvalue weighted by Gasteiger charge is 2.20. The van der Waals surface area contributed by atoms with E-state index in [1.165, 1.54) is 12.8 Å². The van der Waals surface area contributed by atoms with Crippen molar-refractivity contribution in [1.82, 2.24) is 25.2 Å². The molecule has 0 aliphatic heterocycles. The fourth-order valence-electron chi connectivity index (χ4n) is 2.41. The summed E-state index contributed by atoms with van der Waals surface area (Å²) in [6, 6.07) is 5.86. The van der Waals surface area contributed by atoms with Crippen LogP contribution in [0.3, 0.4) is 0 Å². The Hall–Kier alpha value is -1.42. The van der Waals surface area contributed by atoms with Gasteiger partial charge in [0, 0.05) is 32.5 Å². The molecule has 138 valence electrons. The lowest BCUT2D eigenvalue weighted by Gasteiger charge is -2.11. The van der Waals surface area contributed by atoms with E-state index in [9.17, 15) is 0 Å². The Labute approximate surface area is 165 Å². The van der Waals surface area contributed by atoms with Gasteiger partial charge in [-0.15, -0.1) is 34.2 Å². The van der Waals surface area contributed by atoms with Crippen LogP contribution in [0.5, 0.6) is 0 Å². The summed E-state index contributed by atoms with van der Waals surface area (Å²) in [4.78, 5) is 4.59. The first-order valence-electron chi connectivity index (χ1n) is 8.75. The highest BCUT2D eigenvalue weighted by Crippen LogP contribution is 2.28. The number of ether oxygens (including phenoxy) is 1. The summed E-state index contributed by atoms with van der Waals surface area (Å²) in [6.07, 6.45) is 5.61. The van der Waals surface area contributed by atoms with Crippen molar-refractivity contribution in [3.05, 3.63) is 30.2 Å². The van der Waals surface area contributed by atoms with E-state index in [-0.39, 0.29) is 24.0 Å². The lowest BCUT2D eigenvalue weighted by Crippen LogP contribution is -2.38. The molecule has 0 aromatic carbocycles. The van der Waals surface area contributed by atoms with Crippen LogP contribution in [0.15, 0.2) is 29.4 Å². The average molecular weight is 458 g/mol. The summed E-state index contributed by atoms with van der Waals surface area (Å²) in [7, 11) is 0. The minimum Gasteiger partial charge on any atom is -0.381 e. The van der Waals surface area contributed by atoms with Crippen LogP contribution in [-0.4, -0.2) is 46.9 Å². The maximum absolute atomic E-state index is 5.64. The largest absolute Gasteiger partial charge is 0.381 e. The predicted octanol–water partition coefficient (Wildman–Crippen LogP) is 2.22. The number of rotatable bonds is 9. The van der Waals surface area contributed by atoms with Crippen molar-refractivity contribution in [1.29, 1.82) is 0 Å². The molecule has 1 saturated carbocycles. The number of nitrogens with zero attached hydrogens (tertiary/aromatic N) is 4. The highest BCUT2D eigenvalue weighted by atomic mass is 127. The SMILES string of the molecule is CCNC(=NCc1nnc2ccccn12)NCCCOCC1CC1.I. The molecule has 3 rings (SSSR count). The lowest BCUT2D eigenvalue weighted by molar-refractivity contribution is 0.123. The van der Waals surface area contributed by atoms with Gasteiger partial charge in [0.05, 0.1) is 0 Å². The number of halogens is 1. The van der Waals surface area contributed by atoms with Crippen molar-refractivity contribution in [2.75, 3.05) is 26.3 Å². The molecule has 0 spiro atoms. The molecule has 2 heterocycles. The number of aromatic nitrogens is 3. The summed E-state index contributed by atoms with van der Waals surface area (Å²) in [5.74, 6) is 2.46. The Kier molecular flexibility index (Phi) is 8.39. The number of guanidine groups is 1. The van der Waals surface area contributed by atoms with Crippen LogP contribution in [0.25, 0.3) is 5.65 Å². The van der Waals surface area contributed by atoms with Crippen LogP contribution in [-0.2, 0) is 11.3 Å². The molecule has 0 saturated heterocycles. The second-order valence-corrected chi connectivity index (χ2v) is 6.04. The third-order valence-electron chi connectivity index (χ3n) is 3.92.